The SMILES string of the molecule is CNCc1cccc(F)c1N(C)CCN(C)C. The van der Waals surface area contributed by atoms with Gasteiger partial charge in [-0.15, -0.1) is 0 Å². The van der Waals surface area contributed by atoms with Crippen LogP contribution in [0.4, 0.5) is 10.1 Å². The summed E-state index contributed by atoms with van der Waals surface area (Å²) in [6.07, 6.45) is 0. The van der Waals surface area contributed by atoms with Crippen LogP contribution in [0.3, 0.4) is 0 Å². The predicted octanol–water partition coefficient (Wildman–Crippen LogP) is 1.54. The molecule has 0 aliphatic heterocycles. The lowest BCUT2D eigenvalue weighted by Gasteiger charge is -2.24. The number of nitrogens with one attached hydrogen (secondary N) is 1. The van der Waals surface area contributed by atoms with E-state index in [0.29, 0.717) is 12.2 Å². The zero-order chi connectivity index (χ0) is 12.8. The van der Waals surface area contributed by atoms with E-state index in [2.05, 4.69) is 10.2 Å². The molecule has 0 bridgehead atoms. The molecule has 96 valence electrons. The summed E-state index contributed by atoms with van der Waals surface area (Å²) >= 11 is 0. The third-order valence-electron chi connectivity index (χ3n) is 2.70. The lowest BCUT2D eigenvalue weighted by molar-refractivity contribution is 0.415. The van der Waals surface area contributed by atoms with Crippen molar-refractivity contribution < 1.29 is 4.39 Å². The van der Waals surface area contributed by atoms with Crippen LogP contribution in [0, 0.1) is 5.82 Å². The molecule has 0 saturated heterocycles. The highest BCUT2D eigenvalue weighted by Gasteiger charge is 2.12. The van der Waals surface area contributed by atoms with Gasteiger partial charge in [-0.2, -0.15) is 0 Å². The summed E-state index contributed by atoms with van der Waals surface area (Å²) in [5.41, 5.74) is 1.69. The first-order valence-corrected chi connectivity index (χ1v) is 5.84. The Balaban J connectivity index is 2.86. The summed E-state index contributed by atoms with van der Waals surface area (Å²) < 4.78 is 13.9. The number of anilines is 1. The first kappa shape index (κ1) is 13.9. The Hall–Kier alpha value is -1.13. The first-order valence-electron chi connectivity index (χ1n) is 5.84. The average molecular weight is 239 g/mol. The highest BCUT2D eigenvalue weighted by molar-refractivity contribution is 5.54. The number of likely N-dealkylation sites (N-methyl/N-ethyl adjacent to an activating group) is 2. The fourth-order valence-corrected chi connectivity index (χ4v) is 1.78. The van der Waals surface area contributed by atoms with Crippen molar-refractivity contribution >= 4 is 5.69 Å². The second-order valence-electron chi connectivity index (χ2n) is 4.50. The Morgan fingerprint density at radius 3 is 2.47 bits per heavy atom. The monoisotopic (exact) mass is 239 g/mol. The van der Waals surface area contributed by atoms with Crippen molar-refractivity contribution in [3.63, 3.8) is 0 Å². The van der Waals surface area contributed by atoms with Gasteiger partial charge >= 0.3 is 0 Å². The van der Waals surface area contributed by atoms with E-state index in [1.54, 1.807) is 6.07 Å². The molecule has 0 spiro atoms. The minimum absolute atomic E-state index is 0.154. The summed E-state index contributed by atoms with van der Waals surface area (Å²) in [7, 11) is 7.84. The quantitative estimate of drug-likeness (QED) is 0.812. The molecule has 1 N–H and O–H groups in total. The maximum absolute atomic E-state index is 13.9. The van der Waals surface area contributed by atoms with Gasteiger partial charge in [0.25, 0.3) is 0 Å². The molecule has 1 rings (SSSR count). The molecule has 1 aromatic rings. The van der Waals surface area contributed by atoms with Gasteiger partial charge in [-0.3, -0.25) is 0 Å². The van der Waals surface area contributed by atoms with Crippen LogP contribution in [0.15, 0.2) is 18.2 Å². The van der Waals surface area contributed by atoms with E-state index >= 15 is 0 Å². The van der Waals surface area contributed by atoms with Crippen LogP contribution in [0.5, 0.6) is 0 Å². The van der Waals surface area contributed by atoms with Gasteiger partial charge in [-0.25, -0.2) is 4.39 Å². The molecule has 1 aromatic carbocycles. The van der Waals surface area contributed by atoms with Crippen LogP contribution in [-0.2, 0) is 6.54 Å². The van der Waals surface area contributed by atoms with Crippen LogP contribution in [0.2, 0.25) is 0 Å². The van der Waals surface area contributed by atoms with Gasteiger partial charge < -0.3 is 15.1 Å². The third-order valence-corrected chi connectivity index (χ3v) is 2.70. The van der Waals surface area contributed by atoms with Crippen LogP contribution < -0.4 is 10.2 Å². The molecule has 0 aromatic heterocycles. The molecule has 0 fully saturated rings. The zero-order valence-electron chi connectivity index (χ0n) is 11.1. The molecular weight excluding hydrogens is 217 g/mol. The van der Waals surface area contributed by atoms with Gasteiger partial charge in [0.2, 0.25) is 0 Å². The van der Waals surface area contributed by atoms with E-state index in [1.165, 1.54) is 6.07 Å². The largest absolute Gasteiger partial charge is 0.371 e. The van der Waals surface area contributed by atoms with Crippen molar-refractivity contribution in [3.8, 4) is 0 Å². The number of nitrogens with zero attached hydrogens (tertiary/aromatic N) is 2. The van der Waals surface area contributed by atoms with Crippen LogP contribution in [0.25, 0.3) is 0 Å². The Morgan fingerprint density at radius 2 is 1.88 bits per heavy atom. The summed E-state index contributed by atoms with van der Waals surface area (Å²) in [6, 6.07) is 5.23. The van der Waals surface area contributed by atoms with Gasteiger partial charge in [0.1, 0.15) is 5.82 Å². The highest BCUT2D eigenvalue weighted by atomic mass is 19.1. The summed E-state index contributed by atoms with van der Waals surface area (Å²) in [5.74, 6) is -0.154. The van der Waals surface area contributed by atoms with Crippen molar-refractivity contribution in [2.45, 2.75) is 6.54 Å². The number of para-hydroxylation sites is 1. The van der Waals surface area contributed by atoms with E-state index < -0.39 is 0 Å². The Morgan fingerprint density at radius 1 is 1.18 bits per heavy atom. The second kappa shape index (κ2) is 6.57. The smallest absolute Gasteiger partial charge is 0.146 e. The van der Waals surface area contributed by atoms with Gasteiger partial charge in [0.15, 0.2) is 0 Å². The normalized spacial score (nSPS) is 10.9. The predicted molar refractivity (Wildman–Crippen MR) is 71.0 cm³/mol. The van der Waals surface area contributed by atoms with Crippen LogP contribution in [-0.4, -0.2) is 46.2 Å². The van der Waals surface area contributed by atoms with Crippen LogP contribution >= 0.6 is 0 Å². The number of rotatable bonds is 6. The van der Waals surface area contributed by atoms with E-state index in [9.17, 15) is 4.39 Å². The molecule has 0 unspecified atom stereocenters. The fourth-order valence-electron chi connectivity index (χ4n) is 1.78. The molecule has 0 heterocycles. The molecule has 3 nitrogen and oxygen atoms in total. The minimum atomic E-state index is -0.154. The lowest BCUT2D eigenvalue weighted by Crippen LogP contribution is -2.30. The van der Waals surface area contributed by atoms with Crippen LogP contribution in [0.1, 0.15) is 5.56 Å². The van der Waals surface area contributed by atoms with Gasteiger partial charge in [0.05, 0.1) is 5.69 Å². The number of hydrogen-bond donors (Lipinski definition) is 1. The zero-order valence-corrected chi connectivity index (χ0v) is 11.1. The Bertz CT molecular complexity index is 353. The van der Waals surface area contributed by atoms with E-state index in [0.717, 1.165) is 18.7 Å². The molecule has 0 atom stereocenters. The van der Waals surface area contributed by atoms with E-state index in [-0.39, 0.29) is 5.82 Å². The molecular formula is C13H22FN3. The highest BCUT2D eigenvalue weighted by Crippen LogP contribution is 2.23. The molecule has 0 aliphatic carbocycles. The Kier molecular flexibility index (Phi) is 5.38. The van der Waals surface area contributed by atoms with Crippen molar-refractivity contribution in [2.75, 3.05) is 46.2 Å². The number of hydrogen-bond acceptors (Lipinski definition) is 3. The standard InChI is InChI=1S/C13H22FN3/c1-15-10-11-6-5-7-12(14)13(11)17(4)9-8-16(2)3/h5-7,15H,8-10H2,1-4H3. The van der Waals surface area contributed by atoms with Crippen molar-refractivity contribution in [1.82, 2.24) is 10.2 Å². The van der Waals surface area contributed by atoms with Gasteiger partial charge in [-0.05, 0) is 32.8 Å². The minimum Gasteiger partial charge on any atom is -0.371 e. The van der Waals surface area contributed by atoms with E-state index in [1.807, 2.05) is 39.2 Å². The van der Waals surface area contributed by atoms with Crippen molar-refractivity contribution in [2.24, 2.45) is 0 Å². The van der Waals surface area contributed by atoms with Gasteiger partial charge in [-0.1, -0.05) is 12.1 Å². The number of benzene rings is 1. The fraction of sp³-hybridized carbons (Fsp3) is 0.538. The number of halogens is 1. The van der Waals surface area contributed by atoms with Gasteiger partial charge in [0, 0.05) is 26.7 Å². The molecule has 17 heavy (non-hydrogen) atoms. The molecule has 4 heteroatoms. The lowest BCUT2D eigenvalue weighted by atomic mass is 10.1. The summed E-state index contributed by atoms with van der Waals surface area (Å²) in [5, 5.41) is 3.07. The van der Waals surface area contributed by atoms with Crippen molar-refractivity contribution in [3.05, 3.63) is 29.6 Å². The second-order valence-corrected chi connectivity index (χ2v) is 4.50. The summed E-state index contributed by atoms with van der Waals surface area (Å²) in [4.78, 5) is 4.07. The first-order chi connectivity index (χ1) is 8.06. The maximum atomic E-state index is 13.9. The summed E-state index contributed by atoms with van der Waals surface area (Å²) in [6.45, 7) is 2.40. The molecule has 0 saturated carbocycles. The molecule has 0 radical (unpaired) electrons. The average Bonchev–Trinajstić information content (AvgIpc) is 2.26. The molecule has 0 aliphatic rings. The Labute approximate surface area is 103 Å². The van der Waals surface area contributed by atoms with Crippen molar-refractivity contribution in [1.29, 1.82) is 0 Å². The maximum Gasteiger partial charge on any atom is 0.146 e. The third kappa shape index (κ3) is 3.98. The topological polar surface area (TPSA) is 18.5 Å². The molecule has 0 amide bonds. The van der Waals surface area contributed by atoms with E-state index in [4.69, 9.17) is 0 Å².